The number of anilines is 1. The Hall–Kier alpha value is -4.17. The highest BCUT2D eigenvalue weighted by Crippen LogP contribution is 2.20. The molecule has 1 aromatic heterocycles. The predicted molar refractivity (Wildman–Crippen MR) is 126 cm³/mol. The maximum absolute atomic E-state index is 12.6. The van der Waals surface area contributed by atoms with Crippen molar-refractivity contribution >= 4 is 27.4 Å². The summed E-state index contributed by atoms with van der Waals surface area (Å²) in [5, 5.41) is 2.64. The number of hydrogen-bond donors (Lipinski definition) is 1. The number of amides is 1. The van der Waals surface area contributed by atoms with Gasteiger partial charge < -0.3 is 14.5 Å². The number of para-hydroxylation sites is 1. The Kier molecular flexibility index (Phi) is 6.89. The van der Waals surface area contributed by atoms with Crippen LogP contribution < -0.4 is 5.32 Å². The molecule has 0 aliphatic carbocycles. The van der Waals surface area contributed by atoms with Crippen molar-refractivity contribution < 1.29 is 27.2 Å². The number of sulfone groups is 1. The quantitative estimate of drug-likeness (QED) is 0.365. The van der Waals surface area contributed by atoms with E-state index < -0.39 is 21.7 Å². The Labute approximate surface area is 196 Å². The molecule has 0 bridgehead atoms. The molecule has 1 N–H and O–H groups in total. The highest BCUT2D eigenvalue weighted by atomic mass is 32.2. The monoisotopic (exact) mass is 475 g/mol. The standard InChI is InChI=1S/C26H21NO6S/c28-25(24-11-6-16-32-24)27-23-10-5-4-9-22(23)26(29)33-17-19-12-14-21(15-13-19)34(30,31)18-20-7-2-1-3-8-20/h1-16H,17-18H2,(H,27,28). The van der Waals surface area contributed by atoms with Gasteiger partial charge in [0.2, 0.25) is 0 Å². The van der Waals surface area contributed by atoms with E-state index in [9.17, 15) is 18.0 Å². The van der Waals surface area contributed by atoms with Gasteiger partial charge in [-0.25, -0.2) is 13.2 Å². The second-order valence-corrected chi connectivity index (χ2v) is 9.43. The van der Waals surface area contributed by atoms with E-state index in [4.69, 9.17) is 9.15 Å². The van der Waals surface area contributed by atoms with E-state index in [1.165, 1.54) is 24.5 Å². The molecule has 0 aliphatic rings. The lowest BCUT2D eigenvalue weighted by Crippen LogP contribution is -2.15. The smallest absolute Gasteiger partial charge is 0.340 e. The van der Waals surface area contributed by atoms with Crippen molar-refractivity contribution in [2.24, 2.45) is 0 Å². The van der Waals surface area contributed by atoms with Gasteiger partial charge in [0, 0.05) is 0 Å². The minimum atomic E-state index is -3.50. The molecule has 0 saturated heterocycles. The van der Waals surface area contributed by atoms with Gasteiger partial charge in [-0.05, 0) is 47.5 Å². The SMILES string of the molecule is O=C(Nc1ccccc1C(=O)OCc1ccc(S(=O)(=O)Cc2ccccc2)cc1)c1ccco1. The molecule has 0 unspecified atom stereocenters. The van der Waals surface area contributed by atoms with Crippen LogP contribution in [0.15, 0.2) is 107 Å². The zero-order valence-electron chi connectivity index (χ0n) is 18.0. The summed E-state index contributed by atoms with van der Waals surface area (Å²) in [6, 6.07) is 24.7. The van der Waals surface area contributed by atoms with Crippen molar-refractivity contribution in [2.75, 3.05) is 5.32 Å². The summed E-state index contributed by atoms with van der Waals surface area (Å²) < 4.78 is 35.8. The Morgan fingerprint density at radius 3 is 2.21 bits per heavy atom. The van der Waals surface area contributed by atoms with Crippen LogP contribution in [-0.4, -0.2) is 20.3 Å². The van der Waals surface area contributed by atoms with E-state index in [-0.39, 0.29) is 34.3 Å². The largest absolute Gasteiger partial charge is 0.459 e. The summed E-state index contributed by atoms with van der Waals surface area (Å²) in [6.45, 7) is -0.0572. The number of ether oxygens (including phenoxy) is 1. The fourth-order valence-electron chi connectivity index (χ4n) is 3.26. The van der Waals surface area contributed by atoms with Crippen LogP contribution >= 0.6 is 0 Å². The van der Waals surface area contributed by atoms with Crippen molar-refractivity contribution in [3.63, 3.8) is 0 Å². The van der Waals surface area contributed by atoms with E-state index >= 15 is 0 Å². The number of furan rings is 1. The predicted octanol–water partition coefficient (Wildman–Crippen LogP) is 4.86. The van der Waals surface area contributed by atoms with Gasteiger partial charge in [0.15, 0.2) is 15.6 Å². The average molecular weight is 476 g/mol. The average Bonchev–Trinajstić information content (AvgIpc) is 3.39. The molecule has 4 rings (SSSR count). The van der Waals surface area contributed by atoms with E-state index in [0.717, 1.165) is 0 Å². The molecular formula is C26H21NO6S. The van der Waals surface area contributed by atoms with E-state index in [0.29, 0.717) is 11.1 Å². The highest BCUT2D eigenvalue weighted by Gasteiger charge is 2.18. The summed E-state index contributed by atoms with van der Waals surface area (Å²) in [7, 11) is -3.50. The van der Waals surface area contributed by atoms with Crippen molar-refractivity contribution in [1.82, 2.24) is 0 Å². The van der Waals surface area contributed by atoms with E-state index in [1.54, 1.807) is 66.7 Å². The maximum Gasteiger partial charge on any atom is 0.340 e. The van der Waals surface area contributed by atoms with Crippen LogP contribution in [0.4, 0.5) is 5.69 Å². The third-order valence-electron chi connectivity index (χ3n) is 4.99. The number of benzene rings is 3. The summed E-state index contributed by atoms with van der Waals surface area (Å²) in [5.74, 6) is -1.10. The van der Waals surface area contributed by atoms with Crippen LogP contribution in [0.5, 0.6) is 0 Å². The first-order chi connectivity index (χ1) is 16.4. The summed E-state index contributed by atoms with van der Waals surface area (Å²) in [5.41, 5.74) is 1.81. The molecule has 0 spiro atoms. The molecule has 4 aromatic rings. The first-order valence-electron chi connectivity index (χ1n) is 10.4. The number of rotatable bonds is 8. The van der Waals surface area contributed by atoms with Crippen LogP contribution in [0, 0.1) is 0 Å². The number of nitrogens with one attached hydrogen (secondary N) is 1. The zero-order chi connectivity index (χ0) is 24.0. The van der Waals surface area contributed by atoms with Crippen LogP contribution in [0.25, 0.3) is 0 Å². The van der Waals surface area contributed by atoms with Gasteiger partial charge >= 0.3 is 5.97 Å². The molecule has 172 valence electrons. The fourth-order valence-corrected chi connectivity index (χ4v) is 4.61. The molecule has 0 aliphatic heterocycles. The number of esters is 1. The first-order valence-corrected chi connectivity index (χ1v) is 12.0. The second kappa shape index (κ2) is 10.2. The number of carbonyl (C=O) groups excluding carboxylic acids is 2. The maximum atomic E-state index is 12.6. The van der Waals surface area contributed by atoms with Crippen LogP contribution in [0.2, 0.25) is 0 Å². The molecule has 8 heteroatoms. The van der Waals surface area contributed by atoms with Crippen molar-refractivity contribution in [2.45, 2.75) is 17.3 Å². The molecule has 7 nitrogen and oxygen atoms in total. The van der Waals surface area contributed by atoms with Gasteiger partial charge in [-0.2, -0.15) is 0 Å². The molecule has 3 aromatic carbocycles. The molecule has 0 radical (unpaired) electrons. The molecule has 0 saturated carbocycles. The van der Waals surface area contributed by atoms with Gasteiger partial charge in [-0.3, -0.25) is 4.79 Å². The lowest BCUT2D eigenvalue weighted by molar-refractivity contribution is 0.0474. The lowest BCUT2D eigenvalue weighted by Gasteiger charge is -2.11. The fraction of sp³-hybridized carbons (Fsp3) is 0.0769. The Balaban J connectivity index is 1.39. The topological polar surface area (TPSA) is 103 Å². The van der Waals surface area contributed by atoms with Crippen molar-refractivity contribution in [1.29, 1.82) is 0 Å². The molecule has 34 heavy (non-hydrogen) atoms. The molecule has 0 atom stereocenters. The Morgan fingerprint density at radius 2 is 1.50 bits per heavy atom. The van der Waals surface area contributed by atoms with Crippen LogP contribution in [0.3, 0.4) is 0 Å². The number of carbonyl (C=O) groups is 2. The third-order valence-corrected chi connectivity index (χ3v) is 6.70. The van der Waals surface area contributed by atoms with Crippen molar-refractivity contribution in [3.05, 3.63) is 120 Å². The van der Waals surface area contributed by atoms with Crippen LogP contribution in [0.1, 0.15) is 32.0 Å². The minimum absolute atomic E-state index is 0.0572. The van der Waals surface area contributed by atoms with E-state index in [1.807, 2.05) is 6.07 Å². The lowest BCUT2D eigenvalue weighted by atomic mass is 10.1. The number of hydrogen-bond acceptors (Lipinski definition) is 6. The van der Waals surface area contributed by atoms with Crippen molar-refractivity contribution in [3.8, 4) is 0 Å². The second-order valence-electron chi connectivity index (χ2n) is 7.44. The molecule has 0 fully saturated rings. The summed E-state index contributed by atoms with van der Waals surface area (Å²) in [6.07, 6.45) is 1.38. The summed E-state index contributed by atoms with van der Waals surface area (Å²) in [4.78, 5) is 25.1. The molecule has 1 amide bonds. The third kappa shape index (κ3) is 5.60. The van der Waals surface area contributed by atoms with Gasteiger partial charge in [-0.15, -0.1) is 0 Å². The first kappa shape index (κ1) is 23.0. The normalized spacial score (nSPS) is 11.1. The molecule has 1 heterocycles. The Bertz CT molecular complexity index is 1380. The minimum Gasteiger partial charge on any atom is -0.459 e. The zero-order valence-corrected chi connectivity index (χ0v) is 18.8. The molecular weight excluding hydrogens is 454 g/mol. The van der Waals surface area contributed by atoms with Gasteiger partial charge in [-0.1, -0.05) is 54.6 Å². The van der Waals surface area contributed by atoms with Gasteiger partial charge in [0.25, 0.3) is 5.91 Å². The van der Waals surface area contributed by atoms with Crippen LogP contribution in [-0.2, 0) is 26.9 Å². The van der Waals surface area contributed by atoms with Gasteiger partial charge in [0.05, 0.1) is 28.2 Å². The Morgan fingerprint density at radius 1 is 0.794 bits per heavy atom. The summed E-state index contributed by atoms with van der Waals surface area (Å²) >= 11 is 0. The highest BCUT2D eigenvalue weighted by molar-refractivity contribution is 7.90. The van der Waals surface area contributed by atoms with E-state index in [2.05, 4.69) is 5.32 Å². The van der Waals surface area contributed by atoms with Gasteiger partial charge in [0.1, 0.15) is 6.61 Å².